The summed E-state index contributed by atoms with van der Waals surface area (Å²) in [4.78, 5) is 16.6. The molecular formula is C12H15N3O2. The SMILES string of the molecule is O=c1[nH]c2ccc(C(CO)NC3CC3)cc2[nH]1. The summed E-state index contributed by atoms with van der Waals surface area (Å²) in [6, 6.07) is 6.18. The van der Waals surface area contributed by atoms with Crippen LogP contribution in [0, 0.1) is 0 Å². The molecule has 1 saturated carbocycles. The summed E-state index contributed by atoms with van der Waals surface area (Å²) >= 11 is 0. The first-order valence-corrected chi connectivity index (χ1v) is 5.85. The Morgan fingerprint density at radius 2 is 2.12 bits per heavy atom. The molecule has 1 fully saturated rings. The van der Waals surface area contributed by atoms with Gasteiger partial charge in [-0.05, 0) is 30.5 Å². The van der Waals surface area contributed by atoms with E-state index in [2.05, 4.69) is 15.3 Å². The fraction of sp³-hybridized carbons (Fsp3) is 0.417. The van der Waals surface area contributed by atoms with Gasteiger partial charge in [0.1, 0.15) is 0 Å². The molecule has 17 heavy (non-hydrogen) atoms. The van der Waals surface area contributed by atoms with E-state index in [0.717, 1.165) is 16.6 Å². The average molecular weight is 233 g/mol. The first-order valence-electron chi connectivity index (χ1n) is 5.85. The second-order valence-corrected chi connectivity index (χ2v) is 4.56. The Morgan fingerprint density at radius 3 is 2.82 bits per heavy atom. The summed E-state index contributed by atoms with van der Waals surface area (Å²) in [5.74, 6) is 0. The first kappa shape index (κ1) is 10.6. The van der Waals surface area contributed by atoms with Crippen LogP contribution in [0.1, 0.15) is 24.4 Å². The van der Waals surface area contributed by atoms with Crippen molar-refractivity contribution < 1.29 is 5.11 Å². The maximum atomic E-state index is 11.2. The van der Waals surface area contributed by atoms with Crippen molar-refractivity contribution in [3.8, 4) is 0 Å². The summed E-state index contributed by atoms with van der Waals surface area (Å²) in [5.41, 5.74) is 2.38. The largest absolute Gasteiger partial charge is 0.394 e. The monoisotopic (exact) mass is 233 g/mol. The number of nitrogens with one attached hydrogen (secondary N) is 3. The van der Waals surface area contributed by atoms with Crippen LogP contribution in [-0.4, -0.2) is 27.7 Å². The minimum Gasteiger partial charge on any atom is -0.394 e. The first-order chi connectivity index (χ1) is 8.26. The van der Waals surface area contributed by atoms with Gasteiger partial charge < -0.3 is 20.4 Å². The lowest BCUT2D eigenvalue weighted by Crippen LogP contribution is -2.26. The molecule has 4 N–H and O–H groups in total. The quantitative estimate of drug-likeness (QED) is 0.625. The van der Waals surface area contributed by atoms with Crippen LogP contribution < -0.4 is 11.0 Å². The lowest BCUT2D eigenvalue weighted by molar-refractivity contribution is 0.243. The van der Waals surface area contributed by atoms with Crippen LogP contribution in [0.3, 0.4) is 0 Å². The Bertz CT molecular complexity index is 583. The van der Waals surface area contributed by atoms with Gasteiger partial charge in [-0.2, -0.15) is 0 Å². The van der Waals surface area contributed by atoms with Crippen LogP contribution in [-0.2, 0) is 0 Å². The van der Waals surface area contributed by atoms with Crippen molar-refractivity contribution in [1.29, 1.82) is 0 Å². The summed E-state index contributed by atoms with van der Waals surface area (Å²) in [5, 5.41) is 12.8. The Balaban J connectivity index is 1.94. The fourth-order valence-electron chi connectivity index (χ4n) is 2.06. The Hall–Kier alpha value is -1.59. The van der Waals surface area contributed by atoms with Crippen LogP contribution >= 0.6 is 0 Å². The Labute approximate surface area is 97.9 Å². The second-order valence-electron chi connectivity index (χ2n) is 4.56. The van der Waals surface area contributed by atoms with E-state index in [9.17, 15) is 9.90 Å². The van der Waals surface area contributed by atoms with Gasteiger partial charge in [0.25, 0.3) is 0 Å². The van der Waals surface area contributed by atoms with Crippen molar-refractivity contribution in [1.82, 2.24) is 15.3 Å². The van der Waals surface area contributed by atoms with Crippen LogP contribution in [0.25, 0.3) is 11.0 Å². The summed E-state index contributed by atoms with van der Waals surface area (Å²) < 4.78 is 0. The van der Waals surface area contributed by atoms with Crippen LogP contribution in [0.5, 0.6) is 0 Å². The van der Waals surface area contributed by atoms with E-state index in [1.54, 1.807) is 0 Å². The van der Waals surface area contributed by atoms with Crippen molar-refractivity contribution in [3.05, 3.63) is 34.2 Å². The topological polar surface area (TPSA) is 80.9 Å². The van der Waals surface area contributed by atoms with Gasteiger partial charge >= 0.3 is 5.69 Å². The number of aliphatic hydroxyl groups excluding tert-OH is 1. The van der Waals surface area contributed by atoms with Crippen LogP contribution in [0.15, 0.2) is 23.0 Å². The van der Waals surface area contributed by atoms with Crippen molar-refractivity contribution in [2.24, 2.45) is 0 Å². The lowest BCUT2D eigenvalue weighted by atomic mass is 10.1. The van der Waals surface area contributed by atoms with Gasteiger partial charge in [-0.15, -0.1) is 0 Å². The molecule has 0 spiro atoms. The Kier molecular flexibility index (Phi) is 2.49. The molecule has 1 aromatic heterocycles. The maximum Gasteiger partial charge on any atom is 0.323 e. The minimum absolute atomic E-state index is 0.0506. The van der Waals surface area contributed by atoms with Gasteiger partial charge in [0, 0.05) is 6.04 Å². The lowest BCUT2D eigenvalue weighted by Gasteiger charge is -2.16. The number of benzene rings is 1. The number of aliphatic hydroxyl groups is 1. The number of hydrogen-bond donors (Lipinski definition) is 4. The van der Waals surface area contributed by atoms with E-state index in [1.807, 2.05) is 18.2 Å². The molecule has 90 valence electrons. The van der Waals surface area contributed by atoms with Gasteiger partial charge in [0.15, 0.2) is 0 Å². The van der Waals surface area contributed by atoms with E-state index >= 15 is 0 Å². The normalized spacial score (nSPS) is 17.5. The van der Waals surface area contributed by atoms with Crippen LogP contribution in [0.4, 0.5) is 0 Å². The number of aromatic amines is 2. The summed E-state index contributed by atoms with van der Waals surface area (Å²) in [6.07, 6.45) is 2.36. The average Bonchev–Trinajstić information content (AvgIpc) is 3.05. The number of hydrogen-bond acceptors (Lipinski definition) is 3. The number of H-pyrrole nitrogens is 2. The molecule has 1 aliphatic rings. The number of imidazole rings is 1. The van der Waals surface area contributed by atoms with E-state index < -0.39 is 0 Å². The third-order valence-electron chi connectivity index (χ3n) is 3.14. The van der Waals surface area contributed by atoms with Crippen molar-refractivity contribution in [3.63, 3.8) is 0 Å². The fourth-order valence-corrected chi connectivity index (χ4v) is 2.06. The highest BCUT2D eigenvalue weighted by Crippen LogP contribution is 2.25. The van der Waals surface area contributed by atoms with Gasteiger partial charge in [-0.25, -0.2) is 4.79 Å². The van der Waals surface area contributed by atoms with Gasteiger partial charge in [-0.1, -0.05) is 6.07 Å². The van der Waals surface area contributed by atoms with Gasteiger partial charge in [-0.3, -0.25) is 0 Å². The smallest absolute Gasteiger partial charge is 0.323 e. The highest BCUT2D eigenvalue weighted by atomic mass is 16.3. The van der Waals surface area contributed by atoms with E-state index in [4.69, 9.17) is 0 Å². The molecule has 1 aliphatic carbocycles. The number of rotatable bonds is 4. The Morgan fingerprint density at radius 1 is 1.35 bits per heavy atom. The highest BCUT2D eigenvalue weighted by molar-refractivity contribution is 5.75. The van der Waals surface area contributed by atoms with Crippen molar-refractivity contribution >= 4 is 11.0 Å². The maximum absolute atomic E-state index is 11.2. The molecule has 1 aromatic carbocycles. The molecule has 1 atom stereocenters. The third-order valence-corrected chi connectivity index (χ3v) is 3.14. The zero-order valence-corrected chi connectivity index (χ0v) is 9.36. The summed E-state index contributed by atoms with van der Waals surface area (Å²) in [7, 11) is 0. The molecule has 5 heteroatoms. The standard InChI is InChI=1S/C12H15N3O2/c16-6-11(13-8-2-3-8)7-1-4-9-10(5-7)15-12(17)14-9/h1,4-5,8,11,13,16H,2-3,6H2,(H2,14,15,17). The number of fused-ring (bicyclic) bond motifs is 1. The molecule has 0 amide bonds. The van der Waals surface area contributed by atoms with Crippen molar-refractivity contribution in [2.45, 2.75) is 24.9 Å². The summed E-state index contributed by atoms with van der Waals surface area (Å²) in [6.45, 7) is 0.0661. The minimum atomic E-state index is -0.201. The highest BCUT2D eigenvalue weighted by Gasteiger charge is 2.25. The van der Waals surface area contributed by atoms with Crippen molar-refractivity contribution in [2.75, 3.05) is 6.61 Å². The molecule has 0 saturated heterocycles. The molecule has 3 rings (SSSR count). The van der Waals surface area contributed by atoms with E-state index in [-0.39, 0.29) is 18.3 Å². The predicted octanol–water partition coefficient (Wildman–Crippen LogP) is 0.642. The van der Waals surface area contributed by atoms with Crippen LogP contribution in [0.2, 0.25) is 0 Å². The van der Waals surface area contributed by atoms with E-state index in [0.29, 0.717) is 6.04 Å². The molecule has 0 aliphatic heterocycles. The second kappa shape index (κ2) is 4.01. The van der Waals surface area contributed by atoms with Gasteiger partial charge in [0.2, 0.25) is 0 Å². The number of aromatic nitrogens is 2. The zero-order chi connectivity index (χ0) is 11.8. The molecule has 2 aromatic rings. The molecule has 1 unspecified atom stereocenters. The predicted molar refractivity (Wildman–Crippen MR) is 64.9 cm³/mol. The zero-order valence-electron chi connectivity index (χ0n) is 9.36. The molecule has 1 heterocycles. The molecule has 0 bridgehead atoms. The third kappa shape index (κ3) is 2.11. The molecule has 0 radical (unpaired) electrons. The van der Waals surface area contributed by atoms with Gasteiger partial charge in [0.05, 0.1) is 23.7 Å². The molecule has 5 nitrogen and oxygen atoms in total. The van der Waals surface area contributed by atoms with E-state index in [1.165, 1.54) is 12.8 Å². The molecular weight excluding hydrogens is 218 g/mol.